The van der Waals surface area contributed by atoms with E-state index in [0.29, 0.717) is 0 Å². The van der Waals surface area contributed by atoms with Crippen molar-refractivity contribution in [3.8, 4) is 0 Å². The van der Waals surface area contributed by atoms with Gasteiger partial charge >= 0.3 is 0 Å². The second kappa shape index (κ2) is 9.94. The van der Waals surface area contributed by atoms with Crippen molar-refractivity contribution in [1.82, 2.24) is 5.32 Å². The molecule has 1 fully saturated rings. The number of nitrogens with one attached hydrogen (secondary N) is 1. The smallest absolute Gasteiger partial charge is 0.00180 e. The molecule has 1 aliphatic heterocycles. The molecule has 1 rings (SSSR count). The monoisotopic (exact) mass is 239 g/mol. The van der Waals surface area contributed by atoms with Gasteiger partial charge in [-0.1, -0.05) is 65.2 Å². The largest absolute Gasteiger partial charge is 0.316 e. The first-order valence-electron chi connectivity index (χ1n) is 8.05. The molecule has 1 nitrogen and oxygen atoms in total. The van der Waals surface area contributed by atoms with E-state index in [-0.39, 0.29) is 0 Å². The van der Waals surface area contributed by atoms with Crippen molar-refractivity contribution in [2.24, 2.45) is 11.8 Å². The summed E-state index contributed by atoms with van der Waals surface area (Å²) < 4.78 is 0. The molecule has 0 aliphatic carbocycles. The highest BCUT2D eigenvalue weighted by Crippen LogP contribution is 2.24. The fourth-order valence-corrected chi connectivity index (χ4v) is 2.98. The van der Waals surface area contributed by atoms with Crippen molar-refractivity contribution >= 4 is 0 Å². The number of unbranched alkanes of at least 4 members (excludes halogenated alkanes) is 7. The summed E-state index contributed by atoms with van der Waals surface area (Å²) in [5.74, 6) is 1.92. The number of hydrogen-bond acceptors (Lipinski definition) is 1. The fraction of sp³-hybridized carbons (Fsp3) is 1.00. The molecule has 2 atom stereocenters. The molecule has 0 aromatic rings. The predicted octanol–water partition coefficient (Wildman–Crippen LogP) is 4.76. The quantitative estimate of drug-likeness (QED) is 0.572. The molecular formula is C16H33N. The van der Waals surface area contributed by atoms with E-state index in [9.17, 15) is 0 Å². The molecule has 1 saturated heterocycles. The van der Waals surface area contributed by atoms with Crippen molar-refractivity contribution in [2.75, 3.05) is 13.1 Å². The van der Waals surface area contributed by atoms with Crippen LogP contribution in [-0.2, 0) is 0 Å². The zero-order chi connectivity index (χ0) is 12.3. The van der Waals surface area contributed by atoms with Gasteiger partial charge in [0.1, 0.15) is 0 Å². The summed E-state index contributed by atoms with van der Waals surface area (Å²) in [7, 11) is 0. The van der Waals surface area contributed by atoms with Crippen LogP contribution in [0.4, 0.5) is 0 Å². The first-order chi connectivity index (χ1) is 8.34. The Kier molecular flexibility index (Phi) is 8.78. The van der Waals surface area contributed by atoms with Crippen LogP contribution in [0, 0.1) is 11.8 Å². The van der Waals surface area contributed by atoms with Crippen molar-refractivity contribution in [3.05, 3.63) is 0 Å². The van der Waals surface area contributed by atoms with Gasteiger partial charge in [-0.15, -0.1) is 0 Å². The first-order valence-corrected chi connectivity index (χ1v) is 8.05. The molecular weight excluding hydrogens is 206 g/mol. The van der Waals surface area contributed by atoms with Gasteiger partial charge in [-0.3, -0.25) is 0 Å². The van der Waals surface area contributed by atoms with E-state index in [1.165, 1.54) is 77.3 Å². The Balaban J connectivity index is 1.86. The lowest BCUT2D eigenvalue weighted by Gasteiger charge is -2.29. The SMILES string of the molecule is CCCCCCCCCCC1CNCCC1C. The van der Waals surface area contributed by atoms with E-state index in [2.05, 4.69) is 19.2 Å². The summed E-state index contributed by atoms with van der Waals surface area (Å²) in [4.78, 5) is 0. The van der Waals surface area contributed by atoms with Gasteiger partial charge in [0.2, 0.25) is 0 Å². The Hall–Kier alpha value is -0.0400. The fourth-order valence-electron chi connectivity index (χ4n) is 2.98. The topological polar surface area (TPSA) is 12.0 Å². The van der Waals surface area contributed by atoms with Crippen molar-refractivity contribution < 1.29 is 0 Å². The first kappa shape index (κ1) is 15.0. The summed E-state index contributed by atoms with van der Waals surface area (Å²) in [6.45, 7) is 7.25. The van der Waals surface area contributed by atoms with Crippen LogP contribution in [0.3, 0.4) is 0 Å². The molecule has 1 aliphatic rings. The predicted molar refractivity (Wildman–Crippen MR) is 77.4 cm³/mol. The van der Waals surface area contributed by atoms with E-state index in [4.69, 9.17) is 0 Å². The molecule has 0 saturated carbocycles. The van der Waals surface area contributed by atoms with Gasteiger partial charge in [0.25, 0.3) is 0 Å². The highest BCUT2D eigenvalue weighted by molar-refractivity contribution is 4.74. The lowest BCUT2D eigenvalue weighted by atomic mass is 9.84. The number of rotatable bonds is 9. The Morgan fingerprint density at radius 1 is 0.941 bits per heavy atom. The summed E-state index contributed by atoms with van der Waals surface area (Å²) in [5.41, 5.74) is 0. The molecule has 0 spiro atoms. The summed E-state index contributed by atoms with van der Waals surface area (Å²) >= 11 is 0. The normalized spacial score (nSPS) is 25.1. The summed E-state index contributed by atoms with van der Waals surface area (Å²) in [6.07, 6.45) is 14.5. The molecule has 1 N–H and O–H groups in total. The van der Waals surface area contributed by atoms with Gasteiger partial charge in [-0.2, -0.15) is 0 Å². The maximum Gasteiger partial charge on any atom is -0.00180 e. The van der Waals surface area contributed by atoms with Crippen molar-refractivity contribution in [2.45, 2.75) is 78.1 Å². The molecule has 0 aromatic carbocycles. The van der Waals surface area contributed by atoms with Gasteiger partial charge in [-0.05, 0) is 37.8 Å². The molecule has 0 radical (unpaired) electrons. The molecule has 0 amide bonds. The van der Waals surface area contributed by atoms with E-state index < -0.39 is 0 Å². The lowest BCUT2D eigenvalue weighted by Crippen LogP contribution is -2.35. The second-order valence-electron chi connectivity index (χ2n) is 5.99. The molecule has 1 heteroatoms. The van der Waals surface area contributed by atoms with Gasteiger partial charge in [0.15, 0.2) is 0 Å². The van der Waals surface area contributed by atoms with Gasteiger partial charge in [0.05, 0.1) is 0 Å². The standard InChI is InChI=1S/C16H33N/c1-3-4-5-6-7-8-9-10-11-16-14-17-13-12-15(16)2/h15-17H,3-14H2,1-2H3. The van der Waals surface area contributed by atoms with Crippen LogP contribution in [-0.4, -0.2) is 13.1 Å². The Morgan fingerprint density at radius 3 is 2.24 bits per heavy atom. The molecule has 0 bridgehead atoms. The molecule has 102 valence electrons. The van der Waals surface area contributed by atoms with E-state index in [1.54, 1.807) is 0 Å². The zero-order valence-electron chi connectivity index (χ0n) is 12.1. The van der Waals surface area contributed by atoms with Crippen molar-refractivity contribution in [1.29, 1.82) is 0 Å². The van der Waals surface area contributed by atoms with Crippen LogP contribution in [0.25, 0.3) is 0 Å². The van der Waals surface area contributed by atoms with Gasteiger partial charge in [0, 0.05) is 0 Å². The third-order valence-electron chi connectivity index (χ3n) is 4.42. The van der Waals surface area contributed by atoms with Gasteiger partial charge < -0.3 is 5.32 Å². The van der Waals surface area contributed by atoms with Crippen molar-refractivity contribution in [3.63, 3.8) is 0 Å². The van der Waals surface area contributed by atoms with E-state index in [0.717, 1.165) is 11.8 Å². The molecule has 2 unspecified atom stereocenters. The summed E-state index contributed by atoms with van der Waals surface area (Å²) in [5, 5.41) is 3.54. The lowest BCUT2D eigenvalue weighted by molar-refractivity contribution is 0.253. The third-order valence-corrected chi connectivity index (χ3v) is 4.42. The highest BCUT2D eigenvalue weighted by atomic mass is 14.9. The number of piperidine rings is 1. The van der Waals surface area contributed by atoms with Crippen LogP contribution in [0.15, 0.2) is 0 Å². The average Bonchev–Trinajstić information content (AvgIpc) is 2.35. The summed E-state index contributed by atoms with van der Waals surface area (Å²) in [6, 6.07) is 0. The van der Waals surface area contributed by atoms with E-state index >= 15 is 0 Å². The maximum atomic E-state index is 3.54. The minimum atomic E-state index is 0.959. The number of hydrogen-bond donors (Lipinski definition) is 1. The minimum Gasteiger partial charge on any atom is -0.316 e. The van der Waals surface area contributed by atoms with Crippen LogP contribution in [0.1, 0.15) is 78.1 Å². The van der Waals surface area contributed by atoms with Crippen LogP contribution < -0.4 is 5.32 Å². The molecule has 17 heavy (non-hydrogen) atoms. The van der Waals surface area contributed by atoms with Crippen LogP contribution in [0.2, 0.25) is 0 Å². The second-order valence-corrected chi connectivity index (χ2v) is 5.99. The van der Waals surface area contributed by atoms with E-state index in [1.807, 2.05) is 0 Å². The average molecular weight is 239 g/mol. The maximum absolute atomic E-state index is 3.54. The zero-order valence-corrected chi connectivity index (χ0v) is 12.1. The minimum absolute atomic E-state index is 0.959. The Bertz CT molecular complexity index is 167. The van der Waals surface area contributed by atoms with Crippen LogP contribution >= 0.6 is 0 Å². The van der Waals surface area contributed by atoms with Crippen LogP contribution in [0.5, 0.6) is 0 Å². The highest BCUT2D eigenvalue weighted by Gasteiger charge is 2.19. The Labute approximate surface area is 109 Å². The molecule has 1 heterocycles. The van der Waals surface area contributed by atoms with Gasteiger partial charge in [-0.25, -0.2) is 0 Å². The third kappa shape index (κ3) is 7.08. The Morgan fingerprint density at radius 2 is 1.59 bits per heavy atom. The molecule has 0 aromatic heterocycles.